The normalized spacial score (nSPS) is 14.3. The third-order valence-electron chi connectivity index (χ3n) is 6.69. The number of rotatable bonds is 7. The highest BCUT2D eigenvalue weighted by Gasteiger charge is 2.30. The predicted octanol–water partition coefficient (Wildman–Crippen LogP) is 4.81. The van der Waals surface area contributed by atoms with Crippen molar-refractivity contribution in [1.29, 1.82) is 0 Å². The summed E-state index contributed by atoms with van der Waals surface area (Å²) in [4.78, 5) is 19.8. The summed E-state index contributed by atoms with van der Waals surface area (Å²) in [6.07, 6.45) is 4.35. The molecule has 0 atom stereocenters. The lowest BCUT2D eigenvalue weighted by atomic mass is 9.98. The number of amides is 1. The van der Waals surface area contributed by atoms with Crippen LogP contribution in [0.25, 0.3) is 22.2 Å². The number of benzene rings is 2. The second kappa shape index (κ2) is 9.50. The summed E-state index contributed by atoms with van der Waals surface area (Å²) in [5, 5.41) is 8.54. The van der Waals surface area contributed by atoms with Gasteiger partial charge >= 0.3 is 0 Å². The zero-order valence-corrected chi connectivity index (χ0v) is 20.7. The zero-order chi connectivity index (χ0) is 24.5. The number of aryl methyl sites for hydroxylation is 2. The second-order valence-corrected chi connectivity index (χ2v) is 9.41. The fraction of sp³-hybridized carbons (Fsp3) is 0.321. The van der Waals surface area contributed by atoms with Gasteiger partial charge in [-0.05, 0) is 56.2 Å². The van der Waals surface area contributed by atoms with Gasteiger partial charge in [-0.25, -0.2) is 0 Å². The van der Waals surface area contributed by atoms with Gasteiger partial charge in [0.05, 0.1) is 23.4 Å². The minimum atomic E-state index is -0.00240. The molecule has 2 aromatic carbocycles. The molecule has 1 aliphatic heterocycles. The van der Waals surface area contributed by atoms with Crippen LogP contribution in [-0.4, -0.2) is 50.7 Å². The Hall–Kier alpha value is -3.71. The Balaban J connectivity index is 1.33. The monoisotopic (exact) mass is 469 g/mol. The smallest absolute Gasteiger partial charge is 0.251 e. The van der Waals surface area contributed by atoms with Gasteiger partial charge in [0.25, 0.3) is 5.91 Å². The molecule has 0 saturated carbocycles. The van der Waals surface area contributed by atoms with E-state index < -0.39 is 0 Å². The van der Waals surface area contributed by atoms with Gasteiger partial charge in [-0.1, -0.05) is 13.0 Å². The lowest BCUT2D eigenvalue weighted by Crippen LogP contribution is -2.61. The average Bonchev–Trinajstić information content (AvgIpc) is 3.20. The molecule has 1 amide bonds. The van der Waals surface area contributed by atoms with E-state index in [0.29, 0.717) is 11.8 Å². The number of carbonyl (C=O) groups excluding carboxylic acids is 1. The van der Waals surface area contributed by atoms with Crippen LogP contribution >= 0.6 is 0 Å². The number of hydrogen-bond donors (Lipinski definition) is 1. The van der Waals surface area contributed by atoms with Crippen molar-refractivity contribution in [3.63, 3.8) is 0 Å². The molecule has 35 heavy (non-hydrogen) atoms. The highest BCUT2D eigenvalue weighted by Crippen LogP contribution is 2.29. The van der Waals surface area contributed by atoms with Gasteiger partial charge < -0.3 is 10.1 Å². The minimum Gasteiger partial charge on any atom is -0.457 e. The summed E-state index contributed by atoms with van der Waals surface area (Å²) < 4.78 is 7.96. The summed E-state index contributed by atoms with van der Waals surface area (Å²) in [6.45, 7) is 8.25. The van der Waals surface area contributed by atoms with E-state index in [4.69, 9.17) is 4.74 Å². The first-order valence-electron chi connectivity index (χ1n) is 12.1. The molecule has 1 aliphatic rings. The van der Waals surface area contributed by atoms with E-state index in [1.165, 1.54) is 0 Å². The lowest BCUT2D eigenvalue weighted by Gasteiger charge is -2.42. The molecule has 2 aromatic heterocycles. The molecule has 0 unspecified atom stereocenters. The SMILES string of the molecule is CCc1cc(-c2cc(Oc3ccc4cnn(C)c4c3)ccn2)ccc1C(=O)NC1CN(C(C)C)C1. The largest absolute Gasteiger partial charge is 0.457 e. The molecule has 1 fully saturated rings. The van der Waals surface area contributed by atoms with Crippen LogP contribution < -0.4 is 10.1 Å². The number of hydrogen-bond acceptors (Lipinski definition) is 5. The van der Waals surface area contributed by atoms with Crippen LogP contribution in [0.1, 0.15) is 36.7 Å². The highest BCUT2D eigenvalue weighted by atomic mass is 16.5. The van der Waals surface area contributed by atoms with Crippen molar-refractivity contribution in [2.24, 2.45) is 7.05 Å². The molecular weight excluding hydrogens is 438 g/mol. The molecular formula is C28H31N5O2. The van der Waals surface area contributed by atoms with Crippen LogP contribution in [0.5, 0.6) is 11.5 Å². The van der Waals surface area contributed by atoms with Crippen molar-refractivity contribution in [2.45, 2.75) is 39.3 Å². The number of ether oxygens (including phenoxy) is 1. The van der Waals surface area contributed by atoms with E-state index in [1.54, 1.807) is 6.20 Å². The summed E-state index contributed by atoms with van der Waals surface area (Å²) >= 11 is 0. The highest BCUT2D eigenvalue weighted by molar-refractivity contribution is 5.96. The molecule has 3 heterocycles. The lowest BCUT2D eigenvalue weighted by molar-refractivity contribution is 0.0713. The number of aromatic nitrogens is 3. The Morgan fingerprint density at radius 3 is 2.69 bits per heavy atom. The first kappa shape index (κ1) is 23.1. The van der Waals surface area contributed by atoms with Gasteiger partial charge in [0, 0.05) is 61.0 Å². The van der Waals surface area contributed by atoms with Crippen LogP contribution in [0.4, 0.5) is 0 Å². The second-order valence-electron chi connectivity index (χ2n) is 9.41. The predicted molar refractivity (Wildman–Crippen MR) is 138 cm³/mol. The number of likely N-dealkylation sites (tertiary alicyclic amines) is 1. The van der Waals surface area contributed by atoms with Crippen molar-refractivity contribution < 1.29 is 9.53 Å². The first-order valence-corrected chi connectivity index (χ1v) is 12.1. The van der Waals surface area contributed by atoms with E-state index in [0.717, 1.165) is 58.5 Å². The number of nitrogens with one attached hydrogen (secondary N) is 1. The fourth-order valence-electron chi connectivity index (χ4n) is 4.51. The van der Waals surface area contributed by atoms with Gasteiger partial charge in [-0.15, -0.1) is 0 Å². The molecule has 180 valence electrons. The Labute approximate surface area is 205 Å². The standard InChI is InChI=1S/C28H31N5O2/c1-5-19-12-20(7-9-25(19)28(34)31-22-16-33(17-22)18(2)3)26-13-24(10-11-29-26)35-23-8-6-21-15-30-32(4)27(21)14-23/h6-15,18,22H,5,16-17H2,1-4H3,(H,31,34). The molecule has 4 aromatic rings. The van der Waals surface area contributed by atoms with Crippen molar-refractivity contribution in [1.82, 2.24) is 25.0 Å². The fourth-order valence-corrected chi connectivity index (χ4v) is 4.51. The average molecular weight is 470 g/mol. The Morgan fingerprint density at radius 2 is 1.91 bits per heavy atom. The van der Waals surface area contributed by atoms with E-state index in [-0.39, 0.29) is 11.9 Å². The Morgan fingerprint density at radius 1 is 1.11 bits per heavy atom. The third kappa shape index (κ3) is 4.77. The van der Waals surface area contributed by atoms with E-state index in [9.17, 15) is 4.79 Å². The molecule has 0 aliphatic carbocycles. The molecule has 1 saturated heterocycles. The Kier molecular flexibility index (Phi) is 6.26. The van der Waals surface area contributed by atoms with Crippen LogP contribution in [0.2, 0.25) is 0 Å². The van der Waals surface area contributed by atoms with Gasteiger partial charge in [-0.2, -0.15) is 5.10 Å². The number of carbonyl (C=O) groups is 1. The number of nitrogens with zero attached hydrogens (tertiary/aromatic N) is 4. The molecule has 1 N–H and O–H groups in total. The van der Waals surface area contributed by atoms with Gasteiger partial charge in [0.2, 0.25) is 0 Å². The van der Waals surface area contributed by atoms with Crippen molar-refractivity contribution in [2.75, 3.05) is 13.1 Å². The van der Waals surface area contributed by atoms with Gasteiger partial charge in [0.1, 0.15) is 11.5 Å². The number of pyridine rings is 1. The van der Waals surface area contributed by atoms with Gasteiger partial charge in [0.15, 0.2) is 0 Å². The molecule has 5 rings (SSSR count). The molecule has 0 spiro atoms. The maximum atomic E-state index is 12.9. The minimum absolute atomic E-state index is 0.00240. The zero-order valence-electron chi connectivity index (χ0n) is 20.7. The van der Waals surface area contributed by atoms with E-state index in [2.05, 4.69) is 47.1 Å². The topological polar surface area (TPSA) is 72.3 Å². The Bertz CT molecular complexity index is 1370. The summed E-state index contributed by atoms with van der Waals surface area (Å²) in [6, 6.07) is 16.4. The third-order valence-corrected chi connectivity index (χ3v) is 6.69. The van der Waals surface area contributed by atoms with E-state index >= 15 is 0 Å². The van der Waals surface area contributed by atoms with Gasteiger partial charge in [-0.3, -0.25) is 19.4 Å². The maximum absolute atomic E-state index is 12.9. The van der Waals surface area contributed by atoms with Crippen molar-refractivity contribution in [3.8, 4) is 22.8 Å². The quantitative estimate of drug-likeness (QED) is 0.420. The van der Waals surface area contributed by atoms with E-state index in [1.807, 2.05) is 60.4 Å². The molecule has 7 nitrogen and oxygen atoms in total. The maximum Gasteiger partial charge on any atom is 0.251 e. The summed E-state index contributed by atoms with van der Waals surface area (Å²) in [5.74, 6) is 1.44. The van der Waals surface area contributed by atoms with Crippen LogP contribution in [0.15, 0.2) is 60.9 Å². The molecule has 0 bridgehead atoms. The van der Waals surface area contributed by atoms with Crippen LogP contribution in [0, 0.1) is 0 Å². The first-order chi connectivity index (χ1) is 16.9. The van der Waals surface area contributed by atoms with Crippen LogP contribution in [0.3, 0.4) is 0 Å². The summed E-state index contributed by atoms with van der Waals surface area (Å²) in [7, 11) is 1.92. The molecule has 7 heteroatoms. The summed E-state index contributed by atoms with van der Waals surface area (Å²) in [5.41, 5.74) is 4.51. The number of fused-ring (bicyclic) bond motifs is 1. The molecule has 0 radical (unpaired) electrons. The van der Waals surface area contributed by atoms with Crippen molar-refractivity contribution in [3.05, 3.63) is 72.1 Å². The van der Waals surface area contributed by atoms with Crippen LogP contribution in [-0.2, 0) is 13.5 Å². The van der Waals surface area contributed by atoms with Crippen molar-refractivity contribution >= 4 is 16.8 Å².